The van der Waals surface area contributed by atoms with Crippen LogP contribution in [0.5, 0.6) is 0 Å². The molecule has 0 unspecified atom stereocenters. The van der Waals surface area contributed by atoms with Crippen LogP contribution >= 0.6 is 11.6 Å². The molecule has 150 valence electrons. The number of hydrogen-bond donors (Lipinski definition) is 0. The standard InChI is InChI=1S/C19H24ClN3O3SSi/c1-27(24,25)15-7-5-14(6-8-15)16-11-23(13-26-9-10-28(2,3)4)19-17(16)18(20)21-12-22-19/h5-8,11-12H,9-10,13H2,1-4H3. The second-order valence-corrected chi connectivity index (χ2v) is 16.0. The molecule has 6 nitrogen and oxygen atoms in total. The number of rotatable bonds is 7. The highest BCUT2D eigenvalue weighted by molar-refractivity contribution is 7.90. The second-order valence-electron chi connectivity index (χ2n) is 8.02. The third-order valence-corrected chi connectivity index (χ3v) is 7.55. The van der Waals surface area contributed by atoms with Gasteiger partial charge < -0.3 is 9.30 Å². The Hall–Kier alpha value is -1.74. The first kappa shape index (κ1) is 21.0. The maximum Gasteiger partial charge on any atom is 0.175 e. The van der Waals surface area contributed by atoms with Gasteiger partial charge in [0.2, 0.25) is 0 Å². The van der Waals surface area contributed by atoms with Crippen LogP contribution in [0, 0.1) is 0 Å². The molecule has 0 saturated carbocycles. The van der Waals surface area contributed by atoms with Gasteiger partial charge in [-0.05, 0) is 23.7 Å². The van der Waals surface area contributed by atoms with Crippen LogP contribution in [-0.4, -0.2) is 43.9 Å². The zero-order valence-electron chi connectivity index (χ0n) is 16.4. The minimum atomic E-state index is -3.25. The van der Waals surface area contributed by atoms with Gasteiger partial charge in [0, 0.05) is 32.7 Å². The van der Waals surface area contributed by atoms with Gasteiger partial charge in [-0.25, -0.2) is 18.4 Å². The Labute approximate surface area is 171 Å². The molecule has 0 aliphatic carbocycles. The van der Waals surface area contributed by atoms with E-state index in [0.29, 0.717) is 24.1 Å². The van der Waals surface area contributed by atoms with Crippen molar-refractivity contribution in [2.45, 2.75) is 37.3 Å². The summed E-state index contributed by atoms with van der Waals surface area (Å²) in [6.07, 6.45) is 4.55. The number of ether oxygens (including phenoxy) is 1. The molecule has 2 heterocycles. The molecule has 9 heteroatoms. The van der Waals surface area contributed by atoms with E-state index in [-0.39, 0.29) is 4.90 Å². The lowest BCUT2D eigenvalue weighted by Crippen LogP contribution is -2.22. The van der Waals surface area contributed by atoms with Gasteiger partial charge in [-0.1, -0.05) is 43.4 Å². The molecule has 0 bridgehead atoms. The van der Waals surface area contributed by atoms with Crippen molar-refractivity contribution in [3.63, 3.8) is 0 Å². The van der Waals surface area contributed by atoms with Gasteiger partial charge in [-0.2, -0.15) is 0 Å². The van der Waals surface area contributed by atoms with E-state index in [1.165, 1.54) is 12.6 Å². The van der Waals surface area contributed by atoms with Crippen molar-refractivity contribution < 1.29 is 13.2 Å². The van der Waals surface area contributed by atoms with Gasteiger partial charge in [0.25, 0.3) is 0 Å². The number of sulfone groups is 1. The molecule has 3 rings (SSSR count). The molecule has 2 aromatic heterocycles. The van der Waals surface area contributed by atoms with Gasteiger partial charge in [-0.15, -0.1) is 0 Å². The molecule has 0 aliphatic rings. The molecule has 1 aromatic carbocycles. The zero-order valence-corrected chi connectivity index (χ0v) is 19.0. The number of fused-ring (bicyclic) bond motifs is 1. The normalized spacial score (nSPS) is 12.6. The molecule has 3 aromatic rings. The summed E-state index contributed by atoms with van der Waals surface area (Å²) in [4.78, 5) is 8.75. The van der Waals surface area contributed by atoms with E-state index in [0.717, 1.165) is 22.6 Å². The SMILES string of the molecule is C[Si](C)(C)CCOCn1cc(-c2ccc(S(C)(=O)=O)cc2)c2c(Cl)ncnc21. The minimum absolute atomic E-state index is 0.275. The van der Waals surface area contributed by atoms with E-state index in [1.54, 1.807) is 24.3 Å². The average Bonchev–Trinajstić information content (AvgIpc) is 2.97. The first-order valence-corrected chi connectivity index (χ1v) is 14.9. The number of aromatic nitrogens is 3. The van der Waals surface area contributed by atoms with Gasteiger partial charge in [-0.3, -0.25) is 0 Å². The van der Waals surface area contributed by atoms with Crippen molar-refractivity contribution in [2.24, 2.45) is 0 Å². The van der Waals surface area contributed by atoms with Crippen LogP contribution in [0.1, 0.15) is 0 Å². The first-order chi connectivity index (χ1) is 13.1. The predicted octanol–water partition coefficient (Wildman–Crippen LogP) is 4.47. The molecule has 0 atom stereocenters. The van der Waals surface area contributed by atoms with Crippen molar-refractivity contribution >= 4 is 40.5 Å². The lowest BCUT2D eigenvalue weighted by molar-refractivity contribution is 0.0899. The van der Waals surface area contributed by atoms with Gasteiger partial charge in [0.05, 0.1) is 10.3 Å². The Morgan fingerprint density at radius 1 is 1.14 bits per heavy atom. The molecule has 0 amide bonds. The molecular weight excluding hydrogens is 414 g/mol. The molecule has 0 radical (unpaired) electrons. The fourth-order valence-corrected chi connectivity index (χ4v) is 4.44. The Balaban J connectivity index is 1.95. The highest BCUT2D eigenvalue weighted by Gasteiger charge is 2.17. The third-order valence-electron chi connectivity index (χ3n) is 4.43. The van der Waals surface area contributed by atoms with Crippen LogP contribution < -0.4 is 0 Å². The monoisotopic (exact) mass is 437 g/mol. The Kier molecular flexibility index (Phi) is 5.95. The molecular formula is C19H24ClN3O3SSi. The largest absolute Gasteiger partial charge is 0.361 e. The van der Waals surface area contributed by atoms with Crippen LogP contribution in [0.2, 0.25) is 30.8 Å². The maximum absolute atomic E-state index is 11.7. The molecule has 0 saturated heterocycles. The van der Waals surface area contributed by atoms with Crippen molar-refractivity contribution in [3.8, 4) is 11.1 Å². The highest BCUT2D eigenvalue weighted by Crippen LogP contribution is 2.34. The second kappa shape index (κ2) is 7.94. The number of benzene rings is 1. The van der Waals surface area contributed by atoms with E-state index in [1.807, 2.05) is 10.8 Å². The molecule has 0 spiro atoms. The lowest BCUT2D eigenvalue weighted by atomic mass is 10.1. The lowest BCUT2D eigenvalue weighted by Gasteiger charge is -2.15. The van der Waals surface area contributed by atoms with Crippen molar-refractivity contribution in [1.82, 2.24) is 14.5 Å². The highest BCUT2D eigenvalue weighted by atomic mass is 35.5. The summed E-state index contributed by atoms with van der Waals surface area (Å²) in [6.45, 7) is 8.01. The molecule has 0 aliphatic heterocycles. The van der Waals surface area contributed by atoms with Crippen LogP contribution in [0.15, 0.2) is 41.7 Å². The summed E-state index contributed by atoms with van der Waals surface area (Å²) in [5, 5.41) is 1.08. The third kappa shape index (κ3) is 4.80. The predicted molar refractivity (Wildman–Crippen MR) is 115 cm³/mol. The van der Waals surface area contributed by atoms with Gasteiger partial charge in [0.15, 0.2) is 9.84 Å². The fourth-order valence-electron chi connectivity index (χ4n) is 2.83. The number of nitrogens with zero attached hydrogens (tertiary/aromatic N) is 3. The Bertz CT molecular complexity index is 1090. The summed E-state index contributed by atoms with van der Waals surface area (Å²) in [5.41, 5.74) is 2.37. The van der Waals surface area contributed by atoms with E-state index in [9.17, 15) is 8.42 Å². The van der Waals surface area contributed by atoms with Crippen molar-refractivity contribution in [3.05, 3.63) is 41.9 Å². The topological polar surface area (TPSA) is 74.1 Å². The average molecular weight is 438 g/mol. The summed E-state index contributed by atoms with van der Waals surface area (Å²) < 4.78 is 31.2. The van der Waals surface area contributed by atoms with Crippen molar-refractivity contribution in [1.29, 1.82) is 0 Å². The maximum atomic E-state index is 11.7. The smallest absolute Gasteiger partial charge is 0.175 e. The van der Waals surface area contributed by atoms with E-state index >= 15 is 0 Å². The van der Waals surface area contributed by atoms with Crippen molar-refractivity contribution in [2.75, 3.05) is 12.9 Å². The number of halogens is 1. The Morgan fingerprint density at radius 2 is 1.82 bits per heavy atom. The quantitative estimate of drug-likeness (QED) is 0.309. The molecule has 28 heavy (non-hydrogen) atoms. The first-order valence-electron chi connectivity index (χ1n) is 8.94. The van der Waals surface area contributed by atoms with Crippen LogP contribution in [0.4, 0.5) is 0 Å². The summed E-state index contributed by atoms with van der Waals surface area (Å²) >= 11 is 6.35. The van der Waals surface area contributed by atoms with Crippen LogP contribution in [0.3, 0.4) is 0 Å². The summed E-state index contributed by atoms with van der Waals surface area (Å²) in [6, 6.07) is 7.81. The Morgan fingerprint density at radius 3 is 2.43 bits per heavy atom. The summed E-state index contributed by atoms with van der Waals surface area (Å²) in [7, 11) is -4.40. The van der Waals surface area contributed by atoms with E-state index < -0.39 is 17.9 Å². The van der Waals surface area contributed by atoms with Crippen LogP contribution in [0.25, 0.3) is 22.2 Å². The molecule has 0 fully saturated rings. The van der Waals surface area contributed by atoms with Crippen LogP contribution in [-0.2, 0) is 21.3 Å². The number of hydrogen-bond acceptors (Lipinski definition) is 5. The fraction of sp³-hybridized carbons (Fsp3) is 0.368. The summed E-state index contributed by atoms with van der Waals surface area (Å²) in [5.74, 6) is 0. The zero-order chi connectivity index (χ0) is 20.5. The van der Waals surface area contributed by atoms with E-state index in [4.69, 9.17) is 16.3 Å². The van der Waals surface area contributed by atoms with E-state index in [2.05, 4.69) is 29.6 Å². The minimum Gasteiger partial charge on any atom is -0.361 e. The molecule has 0 N–H and O–H groups in total. The van der Waals surface area contributed by atoms with Gasteiger partial charge >= 0.3 is 0 Å². The van der Waals surface area contributed by atoms with Gasteiger partial charge in [0.1, 0.15) is 23.9 Å².